The molecule has 3 heteroatoms. The Morgan fingerprint density at radius 2 is 1.09 bits per heavy atom. The maximum atomic E-state index is 6.73. The zero-order chi connectivity index (χ0) is 28.8. The summed E-state index contributed by atoms with van der Waals surface area (Å²) in [5.41, 5.74) is 11.3. The third-order valence-electron chi connectivity index (χ3n) is 9.41. The molecule has 0 atom stereocenters. The Bertz CT molecular complexity index is 2400. The predicted molar refractivity (Wildman–Crippen MR) is 180 cm³/mol. The summed E-state index contributed by atoms with van der Waals surface area (Å²) in [5, 5.41) is 2.30. The second-order valence-electron chi connectivity index (χ2n) is 11.6. The third-order valence-corrected chi connectivity index (χ3v) is 10.6. The van der Waals surface area contributed by atoms with E-state index in [1.165, 1.54) is 43.1 Å². The summed E-state index contributed by atoms with van der Waals surface area (Å²) in [4.78, 5) is 2.38. The lowest BCUT2D eigenvalue weighted by Gasteiger charge is -2.39. The van der Waals surface area contributed by atoms with E-state index in [1.54, 1.807) is 11.3 Å². The van der Waals surface area contributed by atoms with Crippen LogP contribution in [0.5, 0.6) is 11.5 Å². The summed E-state index contributed by atoms with van der Waals surface area (Å²) in [7, 11) is 0. The number of hydrogen-bond acceptors (Lipinski definition) is 3. The molecule has 0 fully saturated rings. The van der Waals surface area contributed by atoms with Gasteiger partial charge in [-0.15, -0.1) is 11.3 Å². The van der Waals surface area contributed by atoms with E-state index in [0.717, 1.165) is 44.6 Å². The van der Waals surface area contributed by atoms with Gasteiger partial charge in [0.2, 0.25) is 0 Å². The van der Waals surface area contributed by atoms with Crippen LogP contribution in [0.15, 0.2) is 150 Å². The summed E-state index contributed by atoms with van der Waals surface area (Å²) in [6.07, 6.45) is 0. The molecule has 0 amide bonds. The lowest BCUT2D eigenvalue weighted by atomic mass is 9.66. The SMILES string of the molecule is c1ccc2c(c1)Oc1cc(-c3ccc(-c4cccc5c4oc4ccccc45)s3)ccc1C21c2ccccc2-c2ccccc21. The molecule has 1 spiro atoms. The fourth-order valence-corrected chi connectivity index (χ4v) is 8.62. The first-order valence-corrected chi connectivity index (χ1v) is 15.7. The van der Waals surface area contributed by atoms with Gasteiger partial charge < -0.3 is 9.15 Å². The zero-order valence-corrected chi connectivity index (χ0v) is 24.4. The molecule has 0 bridgehead atoms. The van der Waals surface area contributed by atoms with E-state index in [9.17, 15) is 0 Å². The minimum Gasteiger partial charge on any atom is -0.457 e. The first-order valence-electron chi connectivity index (χ1n) is 14.9. The van der Waals surface area contributed by atoms with Gasteiger partial charge in [0.05, 0.1) is 5.41 Å². The predicted octanol–water partition coefficient (Wildman–Crippen LogP) is 11.5. The van der Waals surface area contributed by atoms with Crippen LogP contribution in [-0.2, 0) is 5.41 Å². The highest BCUT2D eigenvalue weighted by Crippen LogP contribution is 2.62. The Hall–Kier alpha value is -5.38. The van der Waals surface area contributed by atoms with Crippen LogP contribution in [0.3, 0.4) is 0 Å². The standard InChI is InChI=1S/C41H24O2S/c1-4-15-31-26(10-1)27-11-2-5-16-32(27)41(31)33-17-6-8-19-36(33)42-37-24-25(20-21-34(37)41)38-22-23-39(44-38)30-14-9-13-29-28-12-3-7-18-35(28)43-40(29)30/h1-24H. The average Bonchev–Trinajstić information content (AvgIpc) is 3.79. The summed E-state index contributed by atoms with van der Waals surface area (Å²) >= 11 is 1.79. The number of furan rings is 1. The monoisotopic (exact) mass is 580 g/mol. The van der Waals surface area contributed by atoms with Crippen molar-refractivity contribution in [2.75, 3.05) is 0 Å². The number of hydrogen-bond donors (Lipinski definition) is 0. The van der Waals surface area contributed by atoms with Gasteiger partial charge in [0.25, 0.3) is 0 Å². The van der Waals surface area contributed by atoms with Crippen molar-refractivity contribution < 1.29 is 9.15 Å². The van der Waals surface area contributed by atoms with Crippen LogP contribution < -0.4 is 4.74 Å². The minimum atomic E-state index is -0.437. The molecule has 6 aromatic carbocycles. The molecule has 2 nitrogen and oxygen atoms in total. The third kappa shape index (κ3) is 3.09. The molecule has 2 aliphatic rings. The topological polar surface area (TPSA) is 22.4 Å². The van der Waals surface area contributed by atoms with Gasteiger partial charge in [0.15, 0.2) is 0 Å². The van der Waals surface area contributed by atoms with Crippen LogP contribution in [0.1, 0.15) is 22.3 Å². The molecule has 10 rings (SSSR count). The van der Waals surface area contributed by atoms with Gasteiger partial charge in [0, 0.05) is 37.2 Å². The van der Waals surface area contributed by atoms with Crippen molar-refractivity contribution in [2.24, 2.45) is 0 Å². The Labute approximate surface area is 258 Å². The van der Waals surface area contributed by atoms with Crippen LogP contribution in [0.25, 0.3) is 53.9 Å². The molecule has 1 aliphatic heterocycles. The van der Waals surface area contributed by atoms with Gasteiger partial charge in [0.1, 0.15) is 22.7 Å². The second-order valence-corrected chi connectivity index (χ2v) is 12.7. The van der Waals surface area contributed by atoms with E-state index in [-0.39, 0.29) is 0 Å². The van der Waals surface area contributed by atoms with Crippen LogP contribution in [0.2, 0.25) is 0 Å². The number of thiophene rings is 1. The Morgan fingerprint density at radius 3 is 1.93 bits per heavy atom. The van der Waals surface area contributed by atoms with E-state index < -0.39 is 5.41 Å². The van der Waals surface area contributed by atoms with E-state index >= 15 is 0 Å². The molecule has 0 N–H and O–H groups in total. The van der Waals surface area contributed by atoms with Gasteiger partial charge in [-0.3, -0.25) is 0 Å². The van der Waals surface area contributed by atoms with E-state index in [4.69, 9.17) is 9.15 Å². The van der Waals surface area contributed by atoms with Crippen molar-refractivity contribution >= 4 is 33.3 Å². The lowest BCUT2D eigenvalue weighted by Crippen LogP contribution is -2.32. The van der Waals surface area contributed by atoms with E-state index in [2.05, 4.69) is 133 Å². The first kappa shape index (κ1) is 24.1. The van der Waals surface area contributed by atoms with Crippen molar-refractivity contribution in [3.63, 3.8) is 0 Å². The smallest absolute Gasteiger partial charge is 0.144 e. The van der Waals surface area contributed by atoms with Crippen molar-refractivity contribution in [2.45, 2.75) is 5.41 Å². The molecule has 3 heterocycles. The van der Waals surface area contributed by atoms with Crippen LogP contribution in [0, 0.1) is 0 Å². The number of para-hydroxylation sites is 3. The Kier molecular flexibility index (Phi) is 4.83. The molecule has 44 heavy (non-hydrogen) atoms. The fraction of sp³-hybridized carbons (Fsp3) is 0.0244. The minimum absolute atomic E-state index is 0.437. The van der Waals surface area contributed by atoms with Crippen molar-refractivity contribution in [3.8, 4) is 43.5 Å². The van der Waals surface area contributed by atoms with Gasteiger partial charge in [-0.1, -0.05) is 109 Å². The largest absolute Gasteiger partial charge is 0.457 e. The molecule has 0 saturated heterocycles. The highest BCUT2D eigenvalue weighted by atomic mass is 32.1. The number of ether oxygens (including phenoxy) is 1. The molecular formula is C41H24O2S. The normalized spacial score (nSPS) is 13.8. The van der Waals surface area contributed by atoms with Crippen molar-refractivity contribution in [1.82, 2.24) is 0 Å². The maximum absolute atomic E-state index is 6.73. The van der Waals surface area contributed by atoms with Gasteiger partial charge in [-0.05, 0) is 64.2 Å². The average molecular weight is 581 g/mol. The molecule has 2 aromatic heterocycles. The molecule has 0 radical (unpaired) electrons. The van der Waals surface area contributed by atoms with Gasteiger partial charge in [-0.2, -0.15) is 0 Å². The van der Waals surface area contributed by atoms with E-state index in [0.29, 0.717) is 0 Å². The summed E-state index contributed by atoms with van der Waals surface area (Å²) in [5.74, 6) is 1.81. The zero-order valence-electron chi connectivity index (χ0n) is 23.6. The first-order chi connectivity index (χ1) is 21.8. The van der Waals surface area contributed by atoms with Crippen LogP contribution >= 0.6 is 11.3 Å². The van der Waals surface area contributed by atoms with Gasteiger partial charge >= 0.3 is 0 Å². The maximum Gasteiger partial charge on any atom is 0.144 e. The highest BCUT2D eigenvalue weighted by molar-refractivity contribution is 7.18. The van der Waals surface area contributed by atoms with Crippen molar-refractivity contribution in [1.29, 1.82) is 0 Å². The lowest BCUT2D eigenvalue weighted by molar-refractivity contribution is 0.436. The Morgan fingerprint density at radius 1 is 0.455 bits per heavy atom. The molecule has 0 saturated carbocycles. The van der Waals surface area contributed by atoms with Gasteiger partial charge in [-0.25, -0.2) is 0 Å². The summed E-state index contributed by atoms with van der Waals surface area (Å²) in [6.45, 7) is 0. The summed E-state index contributed by atoms with van der Waals surface area (Å²) < 4.78 is 13.1. The Balaban J connectivity index is 1.15. The molecular weight excluding hydrogens is 557 g/mol. The highest BCUT2D eigenvalue weighted by Gasteiger charge is 2.50. The second kappa shape index (κ2) is 8.82. The molecule has 8 aromatic rings. The van der Waals surface area contributed by atoms with Crippen LogP contribution in [-0.4, -0.2) is 0 Å². The molecule has 0 unspecified atom stereocenters. The number of fused-ring (bicyclic) bond motifs is 12. The fourth-order valence-electron chi connectivity index (χ4n) is 7.59. The van der Waals surface area contributed by atoms with E-state index in [1.807, 2.05) is 12.1 Å². The number of benzene rings is 6. The van der Waals surface area contributed by atoms with Crippen molar-refractivity contribution in [3.05, 3.63) is 168 Å². The van der Waals surface area contributed by atoms with Crippen LogP contribution in [0.4, 0.5) is 0 Å². The summed E-state index contributed by atoms with van der Waals surface area (Å²) in [6, 6.07) is 52.1. The quantitative estimate of drug-likeness (QED) is 0.203. The number of rotatable bonds is 2. The molecule has 206 valence electrons. The molecule has 1 aliphatic carbocycles.